The smallest absolute Gasteiger partial charge is 0.270 e. The van der Waals surface area contributed by atoms with E-state index in [0.717, 1.165) is 5.56 Å². The molecule has 0 fully saturated rings. The van der Waals surface area contributed by atoms with Crippen LogP contribution in [0.5, 0.6) is 0 Å². The summed E-state index contributed by atoms with van der Waals surface area (Å²) in [6.45, 7) is 0.418. The van der Waals surface area contributed by atoms with E-state index in [1.165, 1.54) is 18.5 Å². The number of halogens is 2. The molecule has 0 aliphatic carbocycles. The van der Waals surface area contributed by atoms with Gasteiger partial charge in [0.2, 0.25) is 0 Å². The lowest BCUT2D eigenvalue weighted by atomic mass is 10.1. The summed E-state index contributed by atoms with van der Waals surface area (Å²) >= 11 is 6.10. The van der Waals surface area contributed by atoms with Crippen molar-refractivity contribution >= 4 is 29.0 Å². The number of benzene rings is 2. The summed E-state index contributed by atoms with van der Waals surface area (Å²) in [4.78, 5) is 20.3. The van der Waals surface area contributed by atoms with Gasteiger partial charge in [-0.3, -0.25) is 4.79 Å². The van der Waals surface area contributed by atoms with Gasteiger partial charge in [0, 0.05) is 12.6 Å². The molecule has 7 heteroatoms. The number of hydrogen-bond donors (Lipinski definition) is 2. The second-order valence-corrected chi connectivity index (χ2v) is 5.93. The summed E-state index contributed by atoms with van der Waals surface area (Å²) in [5, 5.41) is 6.40. The van der Waals surface area contributed by atoms with Gasteiger partial charge in [-0.25, -0.2) is 14.4 Å². The first-order valence-electron chi connectivity index (χ1n) is 7.98. The molecule has 2 N–H and O–H groups in total. The molecule has 3 aromatic rings. The van der Waals surface area contributed by atoms with Crippen molar-refractivity contribution in [3.8, 4) is 0 Å². The third-order valence-corrected chi connectivity index (χ3v) is 3.98. The van der Waals surface area contributed by atoms with Crippen molar-refractivity contribution in [2.75, 3.05) is 11.9 Å². The normalized spacial score (nSPS) is 10.4. The van der Waals surface area contributed by atoms with Gasteiger partial charge in [-0.05, 0) is 36.2 Å². The molecular weight excluding hydrogens is 355 g/mol. The first-order valence-corrected chi connectivity index (χ1v) is 8.36. The van der Waals surface area contributed by atoms with Crippen molar-refractivity contribution < 1.29 is 9.18 Å². The minimum absolute atomic E-state index is 0.244. The summed E-state index contributed by atoms with van der Waals surface area (Å²) in [5.74, 6) is -0.120. The van der Waals surface area contributed by atoms with Crippen molar-refractivity contribution in [2.45, 2.75) is 6.42 Å². The molecule has 132 valence electrons. The number of carbonyl (C=O) groups excluding carboxylic acids is 1. The molecular formula is C19H16ClFN4O. The van der Waals surface area contributed by atoms with Gasteiger partial charge in [0.25, 0.3) is 5.91 Å². The zero-order valence-corrected chi connectivity index (χ0v) is 14.5. The van der Waals surface area contributed by atoms with Gasteiger partial charge in [0.15, 0.2) is 0 Å². The maximum absolute atomic E-state index is 12.9. The van der Waals surface area contributed by atoms with Crippen molar-refractivity contribution in [2.24, 2.45) is 0 Å². The monoisotopic (exact) mass is 370 g/mol. The molecule has 0 unspecified atom stereocenters. The number of aromatic nitrogens is 2. The molecule has 3 rings (SSSR count). The van der Waals surface area contributed by atoms with Crippen molar-refractivity contribution in [3.05, 3.63) is 83.0 Å². The highest BCUT2D eigenvalue weighted by atomic mass is 35.5. The fourth-order valence-corrected chi connectivity index (χ4v) is 2.50. The molecule has 1 heterocycles. The van der Waals surface area contributed by atoms with Gasteiger partial charge >= 0.3 is 0 Å². The summed E-state index contributed by atoms with van der Waals surface area (Å²) in [6, 6.07) is 15.0. The molecule has 0 aliphatic rings. The average Bonchev–Trinajstić information content (AvgIpc) is 2.65. The zero-order valence-electron chi connectivity index (χ0n) is 13.7. The number of para-hydroxylation sites is 1. The molecule has 0 radical (unpaired) electrons. The first-order chi connectivity index (χ1) is 12.6. The minimum Gasteiger partial charge on any atom is -0.350 e. The molecule has 0 saturated heterocycles. The van der Waals surface area contributed by atoms with Crippen LogP contribution in [0.1, 0.15) is 16.1 Å². The SMILES string of the molecule is O=C(NCCc1ccc(F)cc1)c1cc(Nc2ccccc2Cl)ncn1. The Morgan fingerprint density at radius 2 is 1.85 bits per heavy atom. The molecule has 0 saturated carbocycles. The van der Waals surface area contributed by atoms with E-state index < -0.39 is 0 Å². The Labute approximate surface area is 155 Å². The van der Waals surface area contributed by atoms with E-state index in [9.17, 15) is 9.18 Å². The van der Waals surface area contributed by atoms with Crippen LogP contribution < -0.4 is 10.6 Å². The number of carbonyl (C=O) groups is 1. The molecule has 26 heavy (non-hydrogen) atoms. The third-order valence-electron chi connectivity index (χ3n) is 3.65. The Bertz CT molecular complexity index is 902. The first kappa shape index (κ1) is 17.8. The number of amides is 1. The Kier molecular flexibility index (Phi) is 5.76. The van der Waals surface area contributed by atoms with E-state index in [1.807, 2.05) is 18.2 Å². The van der Waals surface area contributed by atoms with Gasteiger partial charge < -0.3 is 10.6 Å². The summed E-state index contributed by atoms with van der Waals surface area (Å²) in [7, 11) is 0. The standard InChI is InChI=1S/C19H16ClFN4O/c20-15-3-1-2-4-16(15)25-18-11-17(23-12-24-18)19(26)22-10-9-13-5-7-14(21)8-6-13/h1-8,11-12H,9-10H2,(H,22,26)(H,23,24,25). The van der Waals surface area contributed by atoms with Gasteiger partial charge in [-0.15, -0.1) is 0 Å². The molecule has 0 atom stereocenters. The number of nitrogens with one attached hydrogen (secondary N) is 2. The van der Waals surface area contributed by atoms with Crippen LogP contribution in [0.25, 0.3) is 0 Å². The van der Waals surface area contributed by atoms with E-state index in [0.29, 0.717) is 29.5 Å². The van der Waals surface area contributed by atoms with Crippen LogP contribution in [0.4, 0.5) is 15.9 Å². The average molecular weight is 371 g/mol. The highest BCUT2D eigenvalue weighted by molar-refractivity contribution is 6.33. The van der Waals surface area contributed by atoms with Crippen LogP contribution in [0.3, 0.4) is 0 Å². The highest BCUT2D eigenvalue weighted by Crippen LogP contribution is 2.23. The molecule has 0 bridgehead atoms. The molecule has 1 aromatic heterocycles. The lowest BCUT2D eigenvalue weighted by molar-refractivity contribution is 0.0949. The van der Waals surface area contributed by atoms with Crippen LogP contribution in [-0.2, 0) is 6.42 Å². The fraction of sp³-hybridized carbons (Fsp3) is 0.105. The van der Waals surface area contributed by atoms with Crippen LogP contribution >= 0.6 is 11.6 Å². The Morgan fingerprint density at radius 3 is 2.62 bits per heavy atom. The minimum atomic E-state index is -0.309. The Morgan fingerprint density at radius 1 is 1.08 bits per heavy atom. The number of hydrogen-bond acceptors (Lipinski definition) is 4. The second kappa shape index (κ2) is 8.40. The topological polar surface area (TPSA) is 66.9 Å². The summed E-state index contributed by atoms with van der Waals surface area (Å²) in [5.41, 5.74) is 1.87. The maximum Gasteiger partial charge on any atom is 0.270 e. The number of anilines is 2. The van der Waals surface area contributed by atoms with Crippen molar-refractivity contribution in [1.29, 1.82) is 0 Å². The van der Waals surface area contributed by atoms with Crippen LogP contribution in [-0.4, -0.2) is 22.4 Å². The second-order valence-electron chi connectivity index (χ2n) is 5.53. The molecule has 5 nitrogen and oxygen atoms in total. The predicted molar refractivity (Wildman–Crippen MR) is 99.2 cm³/mol. The summed E-state index contributed by atoms with van der Waals surface area (Å²) < 4.78 is 12.9. The fourth-order valence-electron chi connectivity index (χ4n) is 2.31. The quantitative estimate of drug-likeness (QED) is 0.688. The largest absolute Gasteiger partial charge is 0.350 e. The van der Waals surface area contributed by atoms with Gasteiger partial charge in [-0.2, -0.15) is 0 Å². The van der Waals surface area contributed by atoms with Crippen molar-refractivity contribution in [3.63, 3.8) is 0 Å². The van der Waals surface area contributed by atoms with Gasteiger partial charge in [0.1, 0.15) is 23.7 Å². The highest BCUT2D eigenvalue weighted by Gasteiger charge is 2.09. The van der Waals surface area contributed by atoms with E-state index in [2.05, 4.69) is 20.6 Å². The molecule has 0 spiro atoms. The van der Waals surface area contributed by atoms with Crippen LogP contribution in [0.15, 0.2) is 60.9 Å². The molecule has 0 aliphatic heterocycles. The lowest BCUT2D eigenvalue weighted by Crippen LogP contribution is -2.26. The van der Waals surface area contributed by atoms with Crippen LogP contribution in [0.2, 0.25) is 5.02 Å². The van der Waals surface area contributed by atoms with E-state index in [1.54, 1.807) is 24.3 Å². The van der Waals surface area contributed by atoms with E-state index in [-0.39, 0.29) is 17.4 Å². The molecule has 2 aromatic carbocycles. The molecule has 1 amide bonds. The summed E-state index contributed by atoms with van der Waals surface area (Å²) in [6.07, 6.45) is 1.91. The third kappa shape index (κ3) is 4.77. The predicted octanol–water partition coefficient (Wildman–Crippen LogP) is 3.99. The van der Waals surface area contributed by atoms with Crippen LogP contribution in [0, 0.1) is 5.82 Å². The number of rotatable bonds is 6. The Hall–Kier alpha value is -2.99. The maximum atomic E-state index is 12.9. The van der Waals surface area contributed by atoms with E-state index >= 15 is 0 Å². The lowest BCUT2D eigenvalue weighted by Gasteiger charge is -2.09. The van der Waals surface area contributed by atoms with E-state index in [4.69, 9.17) is 11.6 Å². The number of nitrogens with zero attached hydrogens (tertiary/aromatic N) is 2. The van der Waals surface area contributed by atoms with Gasteiger partial charge in [0.05, 0.1) is 10.7 Å². The zero-order chi connectivity index (χ0) is 18.4. The van der Waals surface area contributed by atoms with Gasteiger partial charge in [-0.1, -0.05) is 35.9 Å². The van der Waals surface area contributed by atoms with Crippen molar-refractivity contribution in [1.82, 2.24) is 15.3 Å². The Balaban J connectivity index is 1.59.